The molecule has 3 rings (SSSR count). The number of rotatable bonds is 7. The van der Waals surface area contributed by atoms with Crippen LogP contribution in [0.3, 0.4) is 0 Å². The Morgan fingerprint density at radius 1 is 1.12 bits per heavy atom. The Kier molecular flexibility index (Phi) is 6.44. The summed E-state index contributed by atoms with van der Waals surface area (Å²) < 4.78 is 56.5. The largest absolute Gasteiger partial charge is 0.487 e. The second-order valence-corrected chi connectivity index (χ2v) is 9.24. The van der Waals surface area contributed by atoms with Gasteiger partial charge in [0.2, 0.25) is 10.0 Å². The Labute approximate surface area is 182 Å². The fraction of sp³-hybridized carbons (Fsp3) is 0.238. The molecule has 0 saturated carbocycles. The van der Waals surface area contributed by atoms with Crippen LogP contribution in [0.1, 0.15) is 20.3 Å². The third-order valence-electron chi connectivity index (χ3n) is 4.54. The van der Waals surface area contributed by atoms with Crippen LogP contribution in [0.2, 0.25) is 0 Å². The number of hydrogen-bond donors (Lipinski definition) is 2. The Morgan fingerprint density at radius 2 is 1.78 bits per heavy atom. The third-order valence-corrected chi connectivity index (χ3v) is 5.46. The normalized spacial score (nSPS) is 12.1. The van der Waals surface area contributed by atoms with E-state index in [1.54, 1.807) is 13.8 Å². The highest BCUT2D eigenvalue weighted by Gasteiger charge is 2.19. The van der Waals surface area contributed by atoms with Crippen molar-refractivity contribution in [3.05, 3.63) is 70.6 Å². The molecule has 3 aromatic rings. The van der Waals surface area contributed by atoms with Gasteiger partial charge in [-0.1, -0.05) is 12.1 Å². The van der Waals surface area contributed by atoms with Crippen LogP contribution in [0.25, 0.3) is 16.8 Å². The van der Waals surface area contributed by atoms with E-state index in [0.717, 1.165) is 16.8 Å². The van der Waals surface area contributed by atoms with Gasteiger partial charge in [0.15, 0.2) is 17.4 Å². The van der Waals surface area contributed by atoms with E-state index in [1.165, 1.54) is 36.5 Å². The Balaban J connectivity index is 2.10. The van der Waals surface area contributed by atoms with Gasteiger partial charge < -0.3 is 9.84 Å². The SMILES string of the molecule is CC(C)(O)CCOc1c(-c2ccc(S(N)(=O)=O)cc2)cnn(-c2ccc(F)c(F)c2)c1=O. The summed E-state index contributed by atoms with van der Waals surface area (Å²) in [7, 11) is -3.91. The van der Waals surface area contributed by atoms with Crippen LogP contribution in [0.5, 0.6) is 5.75 Å². The van der Waals surface area contributed by atoms with Crippen LogP contribution in [0.15, 0.2) is 58.4 Å². The molecule has 0 radical (unpaired) electrons. The molecule has 1 heterocycles. The summed E-state index contributed by atoms with van der Waals surface area (Å²) in [5.74, 6) is -2.38. The number of hydrogen-bond acceptors (Lipinski definition) is 6. The van der Waals surface area contributed by atoms with Gasteiger partial charge >= 0.3 is 5.56 Å². The molecule has 0 aliphatic rings. The minimum Gasteiger partial charge on any atom is -0.487 e. The summed E-state index contributed by atoms with van der Waals surface area (Å²) in [5.41, 5.74) is -1.16. The summed E-state index contributed by atoms with van der Waals surface area (Å²) in [6.45, 7) is 3.13. The van der Waals surface area contributed by atoms with E-state index >= 15 is 0 Å². The van der Waals surface area contributed by atoms with Gasteiger partial charge in [-0.15, -0.1) is 0 Å². The first-order chi connectivity index (χ1) is 14.9. The minimum absolute atomic E-state index is 0.0163. The molecule has 0 bridgehead atoms. The summed E-state index contributed by atoms with van der Waals surface area (Å²) in [6, 6.07) is 8.28. The molecular weight excluding hydrogens is 444 g/mol. The molecule has 170 valence electrons. The van der Waals surface area contributed by atoms with Crippen molar-refractivity contribution >= 4 is 10.0 Å². The minimum atomic E-state index is -3.91. The van der Waals surface area contributed by atoms with E-state index in [2.05, 4.69) is 5.10 Å². The molecular formula is C21H21F2N3O5S. The van der Waals surface area contributed by atoms with Crippen molar-refractivity contribution in [3.8, 4) is 22.6 Å². The van der Waals surface area contributed by atoms with Crippen molar-refractivity contribution in [2.24, 2.45) is 5.14 Å². The summed E-state index contributed by atoms with van der Waals surface area (Å²) in [5, 5.41) is 19.1. The molecule has 0 saturated heterocycles. The molecule has 0 amide bonds. The summed E-state index contributed by atoms with van der Waals surface area (Å²) >= 11 is 0. The molecule has 0 fully saturated rings. The van der Waals surface area contributed by atoms with Crippen LogP contribution in [0, 0.1) is 11.6 Å². The Bertz CT molecular complexity index is 1300. The van der Waals surface area contributed by atoms with Crippen molar-refractivity contribution < 1.29 is 27.0 Å². The zero-order valence-corrected chi connectivity index (χ0v) is 18.1. The first kappa shape index (κ1) is 23.5. The quantitative estimate of drug-likeness (QED) is 0.552. The predicted molar refractivity (Wildman–Crippen MR) is 113 cm³/mol. The topological polar surface area (TPSA) is 125 Å². The van der Waals surface area contributed by atoms with Gasteiger partial charge in [-0.2, -0.15) is 9.78 Å². The molecule has 0 aliphatic heterocycles. The molecule has 32 heavy (non-hydrogen) atoms. The number of sulfonamides is 1. The van der Waals surface area contributed by atoms with Gasteiger partial charge in [-0.3, -0.25) is 4.79 Å². The van der Waals surface area contributed by atoms with Gasteiger partial charge in [0.1, 0.15) is 0 Å². The fourth-order valence-electron chi connectivity index (χ4n) is 2.81. The summed E-state index contributed by atoms with van der Waals surface area (Å²) in [4.78, 5) is 13.0. The molecule has 8 nitrogen and oxygen atoms in total. The highest BCUT2D eigenvalue weighted by molar-refractivity contribution is 7.89. The first-order valence-electron chi connectivity index (χ1n) is 9.43. The van der Waals surface area contributed by atoms with Gasteiger partial charge in [0, 0.05) is 18.1 Å². The first-order valence-corrected chi connectivity index (χ1v) is 11.0. The third kappa shape index (κ3) is 5.36. The smallest absolute Gasteiger partial charge is 0.314 e. The predicted octanol–water partition coefficient (Wildman–Crippen LogP) is 2.36. The van der Waals surface area contributed by atoms with Crippen LogP contribution < -0.4 is 15.4 Å². The number of nitrogens with zero attached hydrogens (tertiary/aromatic N) is 2. The van der Waals surface area contributed by atoms with Gasteiger partial charge in [-0.05, 0) is 43.7 Å². The maximum absolute atomic E-state index is 13.7. The van der Waals surface area contributed by atoms with Gasteiger partial charge in [0.25, 0.3) is 0 Å². The van der Waals surface area contributed by atoms with Gasteiger partial charge in [-0.25, -0.2) is 22.3 Å². The highest BCUT2D eigenvalue weighted by Crippen LogP contribution is 2.28. The lowest BCUT2D eigenvalue weighted by Crippen LogP contribution is -2.26. The maximum Gasteiger partial charge on any atom is 0.314 e. The second-order valence-electron chi connectivity index (χ2n) is 7.68. The van der Waals surface area contributed by atoms with Gasteiger partial charge in [0.05, 0.1) is 29.0 Å². The zero-order valence-electron chi connectivity index (χ0n) is 17.2. The standard InChI is InChI=1S/C21H21F2N3O5S/c1-21(2,28)9-10-31-19-16(13-3-6-15(7-4-13)32(24,29)30)12-25-26(20(19)27)14-5-8-17(22)18(23)11-14/h3-8,11-12,28H,9-10H2,1-2H3,(H2,24,29,30). The lowest BCUT2D eigenvalue weighted by molar-refractivity contribution is 0.0551. The van der Waals surface area contributed by atoms with Crippen molar-refractivity contribution in [2.45, 2.75) is 30.8 Å². The molecule has 11 heteroatoms. The zero-order chi connectivity index (χ0) is 23.7. The number of nitrogens with two attached hydrogens (primary N) is 1. The number of ether oxygens (including phenoxy) is 1. The van der Waals surface area contributed by atoms with E-state index in [9.17, 15) is 27.1 Å². The van der Waals surface area contributed by atoms with Crippen molar-refractivity contribution in [3.63, 3.8) is 0 Å². The number of halogens is 2. The van der Waals surface area contributed by atoms with Crippen LogP contribution in [-0.2, 0) is 10.0 Å². The highest BCUT2D eigenvalue weighted by atomic mass is 32.2. The van der Waals surface area contributed by atoms with E-state index in [0.29, 0.717) is 5.56 Å². The van der Waals surface area contributed by atoms with Crippen LogP contribution >= 0.6 is 0 Å². The molecule has 0 spiro atoms. The molecule has 3 N–H and O–H groups in total. The lowest BCUT2D eigenvalue weighted by atomic mass is 10.1. The number of benzene rings is 2. The van der Waals surface area contributed by atoms with Crippen molar-refractivity contribution in [1.82, 2.24) is 9.78 Å². The second kappa shape index (κ2) is 8.77. The Morgan fingerprint density at radius 3 is 2.34 bits per heavy atom. The number of primary sulfonamides is 1. The van der Waals surface area contributed by atoms with E-state index < -0.39 is 32.8 Å². The summed E-state index contributed by atoms with van der Waals surface area (Å²) in [6.07, 6.45) is 1.48. The van der Waals surface area contributed by atoms with E-state index in [1.807, 2.05) is 0 Å². The molecule has 0 unspecified atom stereocenters. The molecule has 0 atom stereocenters. The maximum atomic E-state index is 13.7. The fourth-order valence-corrected chi connectivity index (χ4v) is 3.33. The number of aromatic nitrogens is 2. The Hall–Kier alpha value is -3.15. The van der Waals surface area contributed by atoms with Crippen molar-refractivity contribution in [1.29, 1.82) is 0 Å². The average Bonchev–Trinajstić information content (AvgIpc) is 2.70. The van der Waals surface area contributed by atoms with E-state index in [-0.39, 0.29) is 34.9 Å². The van der Waals surface area contributed by atoms with Crippen LogP contribution in [0.4, 0.5) is 8.78 Å². The van der Waals surface area contributed by atoms with Crippen molar-refractivity contribution in [2.75, 3.05) is 6.61 Å². The van der Waals surface area contributed by atoms with Crippen LogP contribution in [-0.4, -0.2) is 35.5 Å². The molecule has 0 aliphatic carbocycles. The van der Waals surface area contributed by atoms with E-state index in [4.69, 9.17) is 9.88 Å². The lowest BCUT2D eigenvalue weighted by Gasteiger charge is -2.18. The monoisotopic (exact) mass is 465 g/mol. The molecule has 1 aromatic heterocycles. The molecule has 2 aromatic carbocycles. The number of aliphatic hydroxyl groups is 1. The average molecular weight is 465 g/mol.